The molecule has 0 atom stereocenters. The molecular weight excluding hydrogens is 200 g/mol. The summed E-state index contributed by atoms with van der Waals surface area (Å²) in [6.07, 6.45) is 1.95. The molecule has 3 nitrogen and oxygen atoms in total. The molecule has 1 aromatic carbocycles. The lowest BCUT2D eigenvalue weighted by atomic mass is 10.2. The van der Waals surface area contributed by atoms with Crippen LogP contribution in [0.3, 0.4) is 0 Å². The number of hydrogen-bond acceptors (Lipinski definition) is 2. The van der Waals surface area contributed by atoms with Gasteiger partial charge >= 0.3 is 0 Å². The fourth-order valence-electron chi connectivity index (χ4n) is 1.61. The van der Waals surface area contributed by atoms with E-state index in [9.17, 15) is 4.79 Å². The Bertz CT molecular complexity index is 311. The van der Waals surface area contributed by atoms with Gasteiger partial charge in [-0.2, -0.15) is 0 Å². The molecule has 88 valence electrons. The standard InChI is InChI=1S/C13H20N2O/c1-2-15(11-7-6-10-14)13(16)12-8-4-3-5-9-12/h3-5,8-9H,2,6-7,10-11,14H2,1H3. The molecule has 0 bridgehead atoms. The number of amides is 1. The SMILES string of the molecule is CCN(CCCCN)C(=O)c1ccccc1. The molecule has 0 saturated heterocycles. The lowest BCUT2D eigenvalue weighted by molar-refractivity contribution is 0.0762. The molecular formula is C13H20N2O. The smallest absolute Gasteiger partial charge is 0.253 e. The van der Waals surface area contributed by atoms with Crippen molar-refractivity contribution in [2.45, 2.75) is 19.8 Å². The van der Waals surface area contributed by atoms with E-state index in [1.54, 1.807) is 0 Å². The van der Waals surface area contributed by atoms with Crippen LogP contribution in [0.15, 0.2) is 30.3 Å². The van der Waals surface area contributed by atoms with E-state index < -0.39 is 0 Å². The molecule has 0 aliphatic heterocycles. The first kappa shape index (κ1) is 12.7. The minimum Gasteiger partial charge on any atom is -0.339 e. The Hall–Kier alpha value is -1.35. The first-order valence-corrected chi connectivity index (χ1v) is 5.84. The van der Waals surface area contributed by atoms with Gasteiger partial charge in [0.1, 0.15) is 0 Å². The van der Waals surface area contributed by atoms with Crippen molar-refractivity contribution >= 4 is 5.91 Å². The van der Waals surface area contributed by atoms with Gasteiger partial charge in [0.25, 0.3) is 5.91 Å². The van der Waals surface area contributed by atoms with E-state index in [1.165, 1.54) is 0 Å². The van der Waals surface area contributed by atoms with Crippen LogP contribution in [0.4, 0.5) is 0 Å². The highest BCUT2D eigenvalue weighted by Gasteiger charge is 2.12. The Balaban J connectivity index is 2.56. The van der Waals surface area contributed by atoms with Crippen molar-refractivity contribution in [1.29, 1.82) is 0 Å². The van der Waals surface area contributed by atoms with Crippen LogP contribution >= 0.6 is 0 Å². The average Bonchev–Trinajstić information content (AvgIpc) is 2.35. The zero-order chi connectivity index (χ0) is 11.8. The van der Waals surface area contributed by atoms with Gasteiger partial charge in [0, 0.05) is 18.7 Å². The molecule has 0 aliphatic carbocycles. The van der Waals surface area contributed by atoms with Gasteiger partial charge in [0.05, 0.1) is 0 Å². The molecule has 0 heterocycles. The molecule has 16 heavy (non-hydrogen) atoms. The van der Waals surface area contributed by atoms with Crippen molar-refractivity contribution in [3.05, 3.63) is 35.9 Å². The largest absolute Gasteiger partial charge is 0.339 e. The van der Waals surface area contributed by atoms with Crippen molar-refractivity contribution in [3.8, 4) is 0 Å². The highest BCUT2D eigenvalue weighted by atomic mass is 16.2. The van der Waals surface area contributed by atoms with Gasteiger partial charge in [-0.1, -0.05) is 18.2 Å². The van der Waals surface area contributed by atoms with E-state index in [0.717, 1.165) is 31.5 Å². The van der Waals surface area contributed by atoms with Crippen LogP contribution in [0.5, 0.6) is 0 Å². The Morgan fingerprint density at radius 3 is 2.50 bits per heavy atom. The second-order valence-electron chi connectivity index (χ2n) is 3.75. The monoisotopic (exact) mass is 220 g/mol. The van der Waals surface area contributed by atoms with Gasteiger partial charge < -0.3 is 10.6 Å². The predicted octanol–water partition coefficient (Wildman–Crippen LogP) is 1.89. The third-order valence-corrected chi connectivity index (χ3v) is 2.57. The number of benzene rings is 1. The molecule has 2 N–H and O–H groups in total. The summed E-state index contributed by atoms with van der Waals surface area (Å²) in [5.74, 6) is 0.111. The Morgan fingerprint density at radius 1 is 1.25 bits per heavy atom. The molecule has 1 rings (SSSR count). The van der Waals surface area contributed by atoms with Crippen LogP contribution in [0.1, 0.15) is 30.1 Å². The average molecular weight is 220 g/mol. The maximum absolute atomic E-state index is 12.1. The van der Waals surface area contributed by atoms with E-state index >= 15 is 0 Å². The van der Waals surface area contributed by atoms with Crippen LogP contribution in [0.2, 0.25) is 0 Å². The van der Waals surface area contributed by atoms with E-state index in [4.69, 9.17) is 5.73 Å². The topological polar surface area (TPSA) is 46.3 Å². The van der Waals surface area contributed by atoms with Crippen molar-refractivity contribution in [1.82, 2.24) is 4.90 Å². The molecule has 1 aromatic rings. The van der Waals surface area contributed by atoms with Crippen molar-refractivity contribution < 1.29 is 4.79 Å². The zero-order valence-corrected chi connectivity index (χ0v) is 9.86. The summed E-state index contributed by atoms with van der Waals surface area (Å²) in [5, 5.41) is 0. The molecule has 0 aromatic heterocycles. The Morgan fingerprint density at radius 2 is 1.94 bits per heavy atom. The molecule has 0 fully saturated rings. The molecule has 1 amide bonds. The number of rotatable bonds is 6. The number of carbonyl (C=O) groups excluding carboxylic acids is 1. The van der Waals surface area contributed by atoms with Crippen LogP contribution in [-0.4, -0.2) is 30.4 Å². The first-order valence-electron chi connectivity index (χ1n) is 5.84. The van der Waals surface area contributed by atoms with Gasteiger partial charge in [-0.25, -0.2) is 0 Å². The third-order valence-electron chi connectivity index (χ3n) is 2.57. The van der Waals surface area contributed by atoms with Crippen LogP contribution in [-0.2, 0) is 0 Å². The molecule has 0 spiro atoms. The number of nitrogens with zero attached hydrogens (tertiary/aromatic N) is 1. The van der Waals surface area contributed by atoms with E-state index in [0.29, 0.717) is 6.54 Å². The highest BCUT2D eigenvalue weighted by Crippen LogP contribution is 2.05. The van der Waals surface area contributed by atoms with Gasteiger partial charge in [-0.05, 0) is 38.4 Å². The highest BCUT2D eigenvalue weighted by molar-refractivity contribution is 5.94. The number of hydrogen-bond donors (Lipinski definition) is 1. The van der Waals surface area contributed by atoms with Gasteiger partial charge in [0.15, 0.2) is 0 Å². The third kappa shape index (κ3) is 3.66. The molecule has 0 unspecified atom stereocenters. The fourth-order valence-corrected chi connectivity index (χ4v) is 1.61. The lowest BCUT2D eigenvalue weighted by Gasteiger charge is -2.20. The second-order valence-corrected chi connectivity index (χ2v) is 3.75. The summed E-state index contributed by atoms with van der Waals surface area (Å²) in [6, 6.07) is 9.41. The molecule has 0 aliphatic rings. The Kier molecular flexibility index (Phi) is 5.57. The number of unbranched alkanes of at least 4 members (excludes halogenated alkanes) is 1. The second kappa shape index (κ2) is 7.01. The fraction of sp³-hybridized carbons (Fsp3) is 0.462. The van der Waals surface area contributed by atoms with E-state index in [2.05, 4.69) is 0 Å². The summed E-state index contributed by atoms with van der Waals surface area (Å²) in [4.78, 5) is 13.9. The molecule has 0 radical (unpaired) electrons. The quantitative estimate of drug-likeness (QED) is 0.744. The molecule has 0 saturated carbocycles. The lowest BCUT2D eigenvalue weighted by Crippen LogP contribution is -2.32. The maximum Gasteiger partial charge on any atom is 0.253 e. The normalized spacial score (nSPS) is 10.1. The molecule has 3 heteroatoms. The van der Waals surface area contributed by atoms with E-state index in [1.807, 2.05) is 42.2 Å². The summed E-state index contributed by atoms with van der Waals surface area (Å²) < 4.78 is 0. The Labute approximate surface area is 97.2 Å². The van der Waals surface area contributed by atoms with Crippen molar-refractivity contribution in [3.63, 3.8) is 0 Å². The van der Waals surface area contributed by atoms with Gasteiger partial charge in [-0.15, -0.1) is 0 Å². The van der Waals surface area contributed by atoms with Gasteiger partial charge in [0.2, 0.25) is 0 Å². The predicted molar refractivity (Wildman–Crippen MR) is 66.3 cm³/mol. The number of nitrogens with two attached hydrogens (primary N) is 1. The summed E-state index contributed by atoms with van der Waals surface area (Å²) in [6.45, 7) is 4.24. The summed E-state index contributed by atoms with van der Waals surface area (Å²) in [5.41, 5.74) is 6.20. The van der Waals surface area contributed by atoms with Crippen LogP contribution in [0, 0.1) is 0 Å². The summed E-state index contributed by atoms with van der Waals surface area (Å²) >= 11 is 0. The number of carbonyl (C=O) groups is 1. The van der Waals surface area contributed by atoms with Crippen LogP contribution < -0.4 is 5.73 Å². The first-order chi connectivity index (χ1) is 7.79. The van der Waals surface area contributed by atoms with Crippen molar-refractivity contribution in [2.24, 2.45) is 5.73 Å². The van der Waals surface area contributed by atoms with Crippen molar-refractivity contribution in [2.75, 3.05) is 19.6 Å². The van der Waals surface area contributed by atoms with E-state index in [-0.39, 0.29) is 5.91 Å². The minimum atomic E-state index is 0.111. The zero-order valence-electron chi connectivity index (χ0n) is 9.86. The summed E-state index contributed by atoms with van der Waals surface area (Å²) in [7, 11) is 0. The maximum atomic E-state index is 12.1. The van der Waals surface area contributed by atoms with Crippen LogP contribution in [0.25, 0.3) is 0 Å². The minimum absolute atomic E-state index is 0.111. The van der Waals surface area contributed by atoms with Gasteiger partial charge in [-0.3, -0.25) is 4.79 Å².